The number of aromatic nitrogens is 1. The Morgan fingerprint density at radius 3 is 2.62 bits per heavy atom. The number of aliphatic hydroxyl groups excluding tert-OH is 1. The normalized spacial score (nSPS) is 20.2. The molecular formula is C21H20N2O6. The van der Waals surface area contributed by atoms with Gasteiger partial charge in [0.25, 0.3) is 11.7 Å². The molecule has 1 aromatic heterocycles. The van der Waals surface area contributed by atoms with E-state index < -0.39 is 17.7 Å². The summed E-state index contributed by atoms with van der Waals surface area (Å²) in [6, 6.07) is 7.61. The van der Waals surface area contributed by atoms with E-state index in [0.29, 0.717) is 35.8 Å². The number of fused-ring (bicyclic) bond motifs is 1. The van der Waals surface area contributed by atoms with Gasteiger partial charge >= 0.3 is 0 Å². The Hall–Kier alpha value is -3.39. The number of aliphatic hydroxyl groups is 1. The fourth-order valence-electron chi connectivity index (χ4n) is 3.54. The topological polar surface area (TPSA) is 98.2 Å². The summed E-state index contributed by atoms with van der Waals surface area (Å²) in [6.45, 7) is 1.32. The molecule has 150 valence electrons. The van der Waals surface area contributed by atoms with Crippen LogP contribution in [-0.4, -0.2) is 60.2 Å². The van der Waals surface area contributed by atoms with E-state index in [9.17, 15) is 14.7 Å². The van der Waals surface area contributed by atoms with Crippen molar-refractivity contribution in [1.82, 2.24) is 9.88 Å². The number of likely N-dealkylation sites (tertiary alicyclic amines) is 1. The van der Waals surface area contributed by atoms with Crippen LogP contribution in [0.15, 0.2) is 48.3 Å². The molecule has 0 aliphatic carbocycles. The Morgan fingerprint density at radius 2 is 1.90 bits per heavy atom. The zero-order chi connectivity index (χ0) is 20.4. The summed E-state index contributed by atoms with van der Waals surface area (Å²) in [7, 11) is 1.52. The van der Waals surface area contributed by atoms with Gasteiger partial charge in [0.05, 0.1) is 18.2 Å². The van der Waals surface area contributed by atoms with Crippen LogP contribution < -0.4 is 9.47 Å². The minimum atomic E-state index is -0.740. The molecule has 1 fully saturated rings. The lowest BCUT2D eigenvalue weighted by Crippen LogP contribution is -2.32. The Labute approximate surface area is 167 Å². The standard InChI is InChI=1S/C21H20N2O6/c1-27-9-8-23-18(13-4-6-22-7-5-13)17(20(25)21(23)26)19(24)14-2-3-15-16(12-14)29-11-10-28-15/h2-7,12,18,24H,8-11H2,1H3/t18-/m1/s1. The summed E-state index contributed by atoms with van der Waals surface area (Å²) in [6.07, 6.45) is 3.16. The van der Waals surface area contributed by atoms with Crippen molar-refractivity contribution in [2.75, 3.05) is 33.5 Å². The molecule has 1 amide bonds. The van der Waals surface area contributed by atoms with Gasteiger partial charge in [0.2, 0.25) is 0 Å². The van der Waals surface area contributed by atoms with E-state index >= 15 is 0 Å². The number of ether oxygens (including phenoxy) is 3. The molecule has 29 heavy (non-hydrogen) atoms. The lowest BCUT2D eigenvalue weighted by atomic mass is 9.96. The quantitative estimate of drug-likeness (QED) is 0.468. The van der Waals surface area contributed by atoms with Gasteiger partial charge in [0.15, 0.2) is 11.5 Å². The highest BCUT2D eigenvalue weighted by Crippen LogP contribution is 2.40. The molecule has 1 saturated heterocycles. The van der Waals surface area contributed by atoms with Crippen molar-refractivity contribution < 1.29 is 28.9 Å². The smallest absolute Gasteiger partial charge is 0.295 e. The number of carbonyl (C=O) groups is 2. The number of ketones is 1. The van der Waals surface area contributed by atoms with Gasteiger partial charge in [-0.1, -0.05) is 0 Å². The maximum atomic E-state index is 12.8. The summed E-state index contributed by atoms with van der Waals surface area (Å²) in [5.74, 6) is -0.631. The van der Waals surface area contributed by atoms with Crippen LogP contribution in [0.4, 0.5) is 0 Å². The van der Waals surface area contributed by atoms with E-state index in [4.69, 9.17) is 14.2 Å². The van der Waals surface area contributed by atoms with Crippen LogP contribution in [0.25, 0.3) is 5.76 Å². The zero-order valence-electron chi connectivity index (χ0n) is 15.8. The van der Waals surface area contributed by atoms with Crippen molar-refractivity contribution >= 4 is 17.4 Å². The molecule has 2 aromatic rings. The van der Waals surface area contributed by atoms with Crippen LogP contribution in [0.5, 0.6) is 11.5 Å². The van der Waals surface area contributed by atoms with Crippen LogP contribution in [0.2, 0.25) is 0 Å². The van der Waals surface area contributed by atoms with Crippen LogP contribution >= 0.6 is 0 Å². The summed E-state index contributed by atoms with van der Waals surface area (Å²) in [5, 5.41) is 11.0. The van der Waals surface area contributed by atoms with Crippen LogP contribution in [0.3, 0.4) is 0 Å². The van der Waals surface area contributed by atoms with Crippen molar-refractivity contribution in [3.8, 4) is 11.5 Å². The molecule has 0 saturated carbocycles. The molecule has 1 atom stereocenters. The minimum absolute atomic E-state index is 0.0222. The van der Waals surface area contributed by atoms with E-state index in [-0.39, 0.29) is 24.5 Å². The van der Waals surface area contributed by atoms with Crippen molar-refractivity contribution in [2.45, 2.75) is 6.04 Å². The van der Waals surface area contributed by atoms with Crippen LogP contribution in [0, 0.1) is 0 Å². The highest BCUT2D eigenvalue weighted by Gasteiger charge is 2.45. The minimum Gasteiger partial charge on any atom is -0.507 e. The maximum absolute atomic E-state index is 12.8. The number of benzene rings is 1. The maximum Gasteiger partial charge on any atom is 0.295 e. The van der Waals surface area contributed by atoms with E-state index in [2.05, 4.69) is 4.98 Å². The third-order valence-electron chi connectivity index (χ3n) is 4.91. The molecule has 0 unspecified atom stereocenters. The molecule has 1 N–H and O–H groups in total. The largest absolute Gasteiger partial charge is 0.507 e. The molecule has 4 rings (SSSR count). The highest BCUT2D eigenvalue weighted by molar-refractivity contribution is 6.46. The van der Waals surface area contributed by atoms with E-state index in [1.165, 1.54) is 12.0 Å². The van der Waals surface area contributed by atoms with Gasteiger partial charge in [0.1, 0.15) is 19.0 Å². The van der Waals surface area contributed by atoms with Gasteiger partial charge in [-0.15, -0.1) is 0 Å². The lowest BCUT2D eigenvalue weighted by Gasteiger charge is -2.25. The Morgan fingerprint density at radius 1 is 1.17 bits per heavy atom. The first-order chi connectivity index (χ1) is 14.1. The second kappa shape index (κ2) is 7.92. The first kappa shape index (κ1) is 18.9. The average Bonchev–Trinajstić information content (AvgIpc) is 3.02. The number of amides is 1. The average molecular weight is 396 g/mol. The number of carbonyl (C=O) groups excluding carboxylic acids is 2. The van der Waals surface area contributed by atoms with Crippen molar-refractivity contribution in [3.05, 3.63) is 59.4 Å². The van der Waals surface area contributed by atoms with E-state index in [1.807, 2.05) is 0 Å². The molecule has 0 bridgehead atoms. The lowest BCUT2D eigenvalue weighted by molar-refractivity contribution is -0.140. The van der Waals surface area contributed by atoms with Crippen LogP contribution in [-0.2, 0) is 14.3 Å². The summed E-state index contributed by atoms with van der Waals surface area (Å²) >= 11 is 0. The van der Waals surface area contributed by atoms with Gasteiger partial charge in [-0.2, -0.15) is 0 Å². The molecule has 2 aliphatic heterocycles. The van der Waals surface area contributed by atoms with Gasteiger partial charge in [-0.3, -0.25) is 14.6 Å². The Bertz CT molecular complexity index is 972. The number of methoxy groups -OCH3 is 1. The molecule has 2 aliphatic rings. The molecular weight excluding hydrogens is 376 g/mol. The molecule has 0 spiro atoms. The molecule has 8 heteroatoms. The first-order valence-corrected chi connectivity index (χ1v) is 9.19. The van der Waals surface area contributed by atoms with Gasteiger partial charge < -0.3 is 24.2 Å². The number of hydrogen-bond donors (Lipinski definition) is 1. The summed E-state index contributed by atoms with van der Waals surface area (Å²) in [5.41, 5.74) is 1.07. The van der Waals surface area contributed by atoms with E-state index in [0.717, 1.165) is 0 Å². The second-order valence-electron chi connectivity index (χ2n) is 6.62. The molecule has 1 aromatic carbocycles. The highest BCUT2D eigenvalue weighted by atomic mass is 16.6. The number of hydrogen-bond acceptors (Lipinski definition) is 7. The van der Waals surface area contributed by atoms with Crippen LogP contribution in [0.1, 0.15) is 17.2 Å². The molecule has 8 nitrogen and oxygen atoms in total. The predicted molar refractivity (Wildman–Crippen MR) is 103 cm³/mol. The zero-order valence-corrected chi connectivity index (χ0v) is 15.8. The number of Topliss-reactive ketones (excluding diaryl/α,β-unsaturated/α-hetero) is 1. The van der Waals surface area contributed by atoms with E-state index in [1.54, 1.807) is 42.7 Å². The fraction of sp³-hybridized carbons (Fsp3) is 0.286. The predicted octanol–water partition coefficient (Wildman–Crippen LogP) is 1.92. The van der Waals surface area contributed by atoms with Gasteiger partial charge in [-0.05, 0) is 35.9 Å². The summed E-state index contributed by atoms with van der Waals surface area (Å²) in [4.78, 5) is 30.9. The second-order valence-corrected chi connectivity index (χ2v) is 6.62. The summed E-state index contributed by atoms with van der Waals surface area (Å²) < 4.78 is 16.2. The SMILES string of the molecule is COCCN1C(=O)C(=O)C(=C(O)c2ccc3c(c2)OCCO3)[C@H]1c1ccncc1. The Balaban J connectivity index is 1.82. The monoisotopic (exact) mass is 396 g/mol. The van der Waals surface area contributed by atoms with Gasteiger partial charge in [0, 0.05) is 31.6 Å². The fourth-order valence-corrected chi connectivity index (χ4v) is 3.54. The van der Waals surface area contributed by atoms with Gasteiger partial charge in [-0.25, -0.2) is 0 Å². The number of nitrogens with zero attached hydrogens (tertiary/aromatic N) is 2. The Kier molecular flexibility index (Phi) is 5.18. The third-order valence-corrected chi connectivity index (χ3v) is 4.91. The van der Waals surface area contributed by atoms with Crippen molar-refractivity contribution in [3.63, 3.8) is 0 Å². The first-order valence-electron chi connectivity index (χ1n) is 9.19. The van der Waals surface area contributed by atoms with Crippen molar-refractivity contribution in [1.29, 1.82) is 0 Å². The number of pyridine rings is 1. The molecule has 3 heterocycles. The number of rotatable bonds is 5. The third kappa shape index (κ3) is 3.42. The van der Waals surface area contributed by atoms with Crippen molar-refractivity contribution in [2.24, 2.45) is 0 Å². The molecule has 0 radical (unpaired) electrons.